The summed E-state index contributed by atoms with van der Waals surface area (Å²) in [5.74, 6) is 3.16. The summed E-state index contributed by atoms with van der Waals surface area (Å²) in [7, 11) is 1.99. The highest BCUT2D eigenvalue weighted by molar-refractivity contribution is 7.99. The second-order valence-electron chi connectivity index (χ2n) is 4.94. The number of hydrogen-bond acceptors (Lipinski definition) is 5. The van der Waals surface area contributed by atoms with Crippen molar-refractivity contribution in [3.63, 3.8) is 0 Å². The normalized spacial score (nSPS) is 23.8. The molecular weight excluding hydrogens is 246 g/mol. The number of likely N-dealkylation sites (N-methyl/N-ethyl adjacent to an activating group) is 1. The van der Waals surface area contributed by atoms with Crippen LogP contribution in [0.3, 0.4) is 0 Å². The Kier molecular flexibility index (Phi) is 5.06. The molecule has 0 amide bonds. The first-order valence-corrected chi connectivity index (χ1v) is 7.93. The molecule has 0 saturated carbocycles. The van der Waals surface area contributed by atoms with E-state index in [9.17, 15) is 0 Å². The van der Waals surface area contributed by atoms with E-state index >= 15 is 0 Å². The molecule has 0 aromatic carbocycles. The fraction of sp³-hybridized carbons (Fsp3) is 0.846. The third-order valence-corrected chi connectivity index (χ3v) is 5.10. The lowest BCUT2D eigenvalue weighted by molar-refractivity contribution is 0.323. The van der Waals surface area contributed by atoms with Gasteiger partial charge in [-0.1, -0.05) is 25.4 Å². The molecule has 18 heavy (non-hydrogen) atoms. The second kappa shape index (κ2) is 6.57. The monoisotopic (exact) mass is 269 g/mol. The number of aromatic nitrogens is 2. The molecule has 3 atom stereocenters. The van der Waals surface area contributed by atoms with E-state index in [0.717, 1.165) is 18.1 Å². The maximum absolute atomic E-state index is 5.45. The fourth-order valence-electron chi connectivity index (χ4n) is 2.49. The standard InChI is InChI=1S/C13H23N3OS/c1-4-10(14-3)9(2)13-15-12(16-17-13)11-7-5-6-8-18-11/h9-11,14H,4-8H2,1-3H3. The Morgan fingerprint density at radius 2 is 2.33 bits per heavy atom. The summed E-state index contributed by atoms with van der Waals surface area (Å²) in [6, 6.07) is 0.400. The molecule has 0 spiro atoms. The SMILES string of the molecule is CCC(NC)C(C)c1nc(C2CCCCS2)no1. The highest BCUT2D eigenvalue weighted by atomic mass is 32.2. The zero-order valence-electron chi connectivity index (χ0n) is 11.5. The van der Waals surface area contributed by atoms with Crippen molar-refractivity contribution in [1.82, 2.24) is 15.5 Å². The maximum atomic E-state index is 5.45. The van der Waals surface area contributed by atoms with Crippen LogP contribution in [0.4, 0.5) is 0 Å². The van der Waals surface area contributed by atoms with Crippen molar-refractivity contribution in [3.8, 4) is 0 Å². The Balaban J connectivity index is 2.04. The van der Waals surface area contributed by atoms with Crippen LogP contribution >= 0.6 is 11.8 Å². The van der Waals surface area contributed by atoms with E-state index in [2.05, 4.69) is 29.3 Å². The molecule has 1 fully saturated rings. The van der Waals surface area contributed by atoms with Crippen LogP contribution in [-0.4, -0.2) is 29.0 Å². The van der Waals surface area contributed by atoms with Gasteiger partial charge in [-0.05, 0) is 32.1 Å². The molecule has 4 nitrogen and oxygen atoms in total. The van der Waals surface area contributed by atoms with Crippen LogP contribution in [0.2, 0.25) is 0 Å². The van der Waals surface area contributed by atoms with E-state index in [1.165, 1.54) is 25.0 Å². The van der Waals surface area contributed by atoms with Gasteiger partial charge in [-0.25, -0.2) is 0 Å². The van der Waals surface area contributed by atoms with Gasteiger partial charge in [0, 0.05) is 6.04 Å². The molecular formula is C13H23N3OS. The minimum absolute atomic E-state index is 0.273. The largest absolute Gasteiger partial charge is 0.339 e. The number of hydrogen-bond donors (Lipinski definition) is 1. The topological polar surface area (TPSA) is 51.0 Å². The summed E-state index contributed by atoms with van der Waals surface area (Å²) in [5, 5.41) is 7.93. The van der Waals surface area contributed by atoms with Gasteiger partial charge in [0.15, 0.2) is 5.82 Å². The van der Waals surface area contributed by atoms with Crippen LogP contribution in [0.15, 0.2) is 4.52 Å². The van der Waals surface area contributed by atoms with Crippen molar-refractivity contribution >= 4 is 11.8 Å². The van der Waals surface area contributed by atoms with Gasteiger partial charge in [0.25, 0.3) is 0 Å². The van der Waals surface area contributed by atoms with Crippen LogP contribution < -0.4 is 5.32 Å². The summed E-state index contributed by atoms with van der Waals surface area (Å²) in [4.78, 5) is 4.61. The molecule has 5 heteroatoms. The lowest BCUT2D eigenvalue weighted by Crippen LogP contribution is -2.30. The predicted octanol–water partition coefficient (Wildman–Crippen LogP) is 3.13. The third-order valence-electron chi connectivity index (χ3n) is 3.73. The number of nitrogens with one attached hydrogen (secondary N) is 1. The molecule has 2 rings (SSSR count). The molecule has 1 aromatic rings. The summed E-state index contributed by atoms with van der Waals surface area (Å²) in [6.07, 6.45) is 4.85. The Hall–Kier alpha value is -0.550. The molecule has 1 saturated heterocycles. The number of thioether (sulfide) groups is 1. The van der Waals surface area contributed by atoms with Gasteiger partial charge in [-0.2, -0.15) is 16.7 Å². The molecule has 0 radical (unpaired) electrons. The van der Waals surface area contributed by atoms with Crippen LogP contribution in [-0.2, 0) is 0 Å². The first-order chi connectivity index (χ1) is 8.76. The van der Waals surface area contributed by atoms with Crippen molar-refractivity contribution in [2.24, 2.45) is 0 Å². The summed E-state index contributed by atoms with van der Waals surface area (Å²) in [5.41, 5.74) is 0. The van der Waals surface area contributed by atoms with E-state index in [1.54, 1.807) is 0 Å². The van der Waals surface area contributed by atoms with Gasteiger partial charge in [0.05, 0.1) is 11.2 Å². The molecule has 0 bridgehead atoms. The second-order valence-corrected chi connectivity index (χ2v) is 6.25. The van der Waals surface area contributed by atoms with Crippen LogP contribution in [0.1, 0.15) is 62.4 Å². The molecule has 0 aliphatic carbocycles. The average Bonchev–Trinajstić information content (AvgIpc) is 2.90. The molecule has 2 heterocycles. The van der Waals surface area contributed by atoms with Gasteiger partial charge in [-0.3, -0.25) is 0 Å². The smallest absolute Gasteiger partial charge is 0.231 e. The average molecular weight is 269 g/mol. The Morgan fingerprint density at radius 1 is 1.50 bits per heavy atom. The van der Waals surface area contributed by atoms with E-state index in [0.29, 0.717) is 11.3 Å². The fourth-order valence-corrected chi connectivity index (χ4v) is 3.72. The van der Waals surface area contributed by atoms with Crippen molar-refractivity contribution in [3.05, 3.63) is 11.7 Å². The Morgan fingerprint density at radius 3 is 2.94 bits per heavy atom. The molecule has 1 aliphatic heterocycles. The van der Waals surface area contributed by atoms with Crippen molar-refractivity contribution in [2.45, 2.75) is 56.7 Å². The van der Waals surface area contributed by atoms with E-state index < -0.39 is 0 Å². The first-order valence-electron chi connectivity index (χ1n) is 6.88. The summed E-state index contributed by atoms with van der Waals surface area (Å²) >= 11 is 1.96. The zero-order chi connectivity index (χ0) is 13.0. The summed E-state index contributed by atoms with van der Waals surface area (Å²) < 4.78 is 5.45. The number of nitrogens with zero attached hydrogens (tertiary/aromatic N) is 2. The van der Waals surface area contributed by atoms with E-state index in [1.807, 2.05) is 18.8 Å². The highest BCUT2D eigenvalue weighted by Gasteiger charge is 2.25. The van der Waals surface area contributed by atoms with Gasteiger partial charge < -0.3 is 9.84 Å². The lowest BCUT2D eigenvalue weighted by Gasteiger charge is -2.19. The van der Waals surface area contributed by atoms with E-state index in [4.69, 9.17) is 4.52 Å². The van der Waals surface area contributed by atoms with Crippen molar-refractivity contribution < 1.29 is 4.52 Å². The Bertz CT molecular complexity index is 359. The van der Waals surface area contributed by atoms with Gasteiger partial charge in [-0.15, -0.1) is 0 Å². The lowest BCUT2D eigenvalue weighted by atomic mass is 10.00. The van der Waals surface area contributed by atoms with Crippen LogP contribution in [0.5, 0.6) is 0 Å². The van der Waals surface area contributed by atoms with Crippen molar-refractivity contribution in [1.29, 1.82) is 0 Å². The molecule has 1 aliphatic rings. The summed E-state index contributed by atoms with van der Waals surface area (Å²) in [6.45, 7) is 4.32. The highest BCUT2D eigenvalue weighted by Crippen LogP contribution is 2.37. The number of rotatable bonds is 5. The first kappa shape index (κ1) is 13.9. The zero-order valence-corrected chi connectivity index (χ0v) is 12.3. The minimum Gasteiger partial charge on any atom is -0.339 e. The molecule has 102 valence electrons. The van der Waals surface area contributed by atoms with Gasteiger partial charge in [0.2, 0.25) is 5.89 Å². The molecule has 1 N–H and O–H groups in total. The van der Waals surface area contributed by atoms with Gasteiger partial charge in [0.1, 0.15) is 0 Å². The molecule has 3 unspecified atom stereocenters. The van der Waals surface area contributed by atoms with Gasteiger partial charge >= 0.3 is 0 Å². The predicted molar refractivity (Wildman–Crippen MR) is 74.9 cm³/mol. The Labute approximate surface area is 113 Å². The maximum Gasteiger partial charge on any atom is 0.231 e. The third kappa shape index (κ3) is 3.06. The van der Waals surface area contributed by atoms with Crippen molar-refractivity contribution in [2.75, 3.05) is 12.8 Å². The minimum atomic E-state index is 0.273. The van der Waals surface area contributed by atoms with E-state index in [-0.39, 0.29) is 5.92 Å². The molecule has 1 aromatic heterocycles. The van der Waals surface area contributed by atoms with Crippen LogP contribution in [0, 0.1) is 0 Å². The quantitative estimate of drug-likeness (QED) is 0.890. The van der Waals surface area contributed by atoms with Crippen LogP contribution in [0.25, 0.3) is 0 Å².